The van der Waals surface area contributed by atoms with Crippen molar-refractivity contribution in [2.75, 3.05) is 6.61 Å². The van der Waals surface area contributed by atoms with Crippen molar-refractivity contribution in [3.05, 3.63) is 11.6 Å². The van der Waals surface area contributed by atoms with Crippen molar-refractivity contribution >= 4 is 40.6 Å². The lowest BCUT2D eigenvalue weighted by molar-refractivity contribution is -0.113. The number of carbonyl (C=O) groups excluding carboxylic acids is 1. The maximum Gasteiger partial charge on any atom is 0.252 e. The molecule has 0 aliphatic heterocycles. The number of hydrogen-bond donors (Lipinski definition) is 1. The molecule has 0 heterocycles. The Bertz CT molecular complexity index is 181. The minimum atomic E-state index is -1.92. The molecule has 0 spiro atoms. The van der Waals surface area contributed by atoms with Crippen LogP contribution in [0.25, 0.3) is 0 Å². The standard InChI is InChI=1S/C6H7Cl3O2/c1-4(3-10)2-5(11)6(7,8)9/h2,10H,3H2,1H3/b4-2+. The Kier molecular flexibility index (Phi) is 4.41. The molecule has 0 unspecified atom stereocenters. The third kappa shape index (κ3) is 4.64. The van der Waals surface area contributed by atoms with Crippen LogP contribution in [0.4, 0.5) is 0 Å². The monoisotopic (exact) mass is 216 g/mol. The Morgan fingerprint density at radius 1 is 1.55 bits per heavy atom. The number of ketones is 1. The van der Waals surface area contributed by atoms with Crippen molar-refractivity contribution < 1.29 is 9.90 Å². The van der Waals surface area contributed by atoms with E-state index < -0.39 is 9.58 Å². The summed E-state index contributed by atoms with van der Waals surface area (Å²) >= 11 is 15.7. The molecule has 0 amide bonds. The molecule has 2 nitrogen and oxygen atoms in total. The van der Waals surface area contributed by atoms with E-state index in [-0.39, 0.29) is 6.61 Å². The maximum absolute atomic E-state index is 10.9. The Morgan fingerprint density at radius 2 is 2.00 bits per heavy atom. The van der Waals surface area contributed by atoms with E-state index in [1.54, 1.807) is 6.92 Å². The summed E-state index contributed by atoms with van der Waals surface area (Å²) < 4.78 is -1.92. The summed E-state index contributed by atoms with van der Waals surface area (Å²) in [5.41, 5.74) is 0.460. The van der Waals surface area contributed by atoms with Gasteiger partial charge in [0.1, 0.15) is 0 Å². The summed E-state index contributed by atoms with van der Waals surface area (Å²) in [5, 5.41) is 8.50. The highest BCUT2D eigenvalue weighted by molar-refractivity contribution is 6.77. The Hall–Kier alpha value is 0.240. The molecule has 0 rings (SSSR count). The molecule has 5 heteroatoms. The van der Waals surface area contributed by atoms with Crippen LogP contribution in [0.15, 0.2) is 11.6 Å². The van der Waals surface area contributed by atoms with Crippen LogP contribution in [0, 0.1) is 0 Å². The van der Waals surface area contributed by atoms with Gasteiger partial charge in [0.15, 0.2) is 0 Å². The number of aliphatic hydroxyl groups is 1. The van der Waals surface area contributed by atoms with Crippen LogP contribution in [-0.2, 0) is 4.79 Å². The summed E-state index contributed by atoms with van der Waals surface area (Å²) in [7, 11) is 0. The van der Waals surface area contributed by atoms with E-state index in [9.17, 15) is 4.79 Å². The number of hydrogen-bond acceptors (Lipinski definition) is 2. The van der Waals surface area contributed by atoms with Crippen molar-refractivity contribution in [1.29, 1.82) is 0 Å². The molecular weight excluding hydrogens is 210 g/mol. The zero-order chi connectivity index (χ0) is 9.07. The topological polar surface area (TPSA) is 37.3 Å². The van der Waals surface area contributed by atoms with Crippen LogP contribution >= 0.6 is 34.8 Å². The minimum absolute atomic E-state index is 0.216. The highest BCUT2D eigenvalue weighted by Gasteiger charge is 2.28. The average Bonchev–Trinajstić information content (AvgIpc) is 1.85. The largest absolute Gasteiger partial charge is 0.392 e. The second kappa shape index (κ2) is 4.31. The van der Waals surface area contributed by atoms with Gasteiger partial charge in [0.2, 0.25) is 5.78 Å². The molecule has 11 heavy (non-hydrogen) atoms. The molecule has 0 radical (unpaired) electrons. The number of carbonyl (C=O) groups is 1. The van der Waals surface area contributed by atoms with Crippen LogP contribution in [0.5, 0.6) is 0 Å². The zero-order valence-electron chi connectivity index (χ0n) is 5.77. The van der Waals surface area contributed by atoms with E-state index in [1.807, 2.05) is 0 Å². The maximum atomic E-state index is 10.9. The van der Waals surface area contributed by atoms with E-state index in [1.165, 1.54) is 0 Å². The molecule has 0 aliphatic carbocycles. The van der Waals surface area contributed by atoms with Gasteiger partial charge in [-0.3, -0.25) is 4.79 Å². The predicted molar refractivity (Wildman–Crippen MR) is 46.1 cm³/mol. The first kappa shape index (κ1) is 11.2. The Morgan fingerprint density at radius 3 is 2.27 bits per heavy atom. The summed E-state index contributed by atoms with van der Waals surface area (Å²) in [5.74, 6) is -0.644. The fraction of sp³-hybridized carbons (Fsp3) is 0.500. The first-order valence-corrected chi connectivity index (χ1v) is 3.90. The molecule has 1 N–H and O–H groups in total. The van der Waals surface area contributed by atoms with Crippen molar-refractivity contribution in [2.24, 2.45) is 0 Å². The second-order valence-electron chi connectivity index (χ2n) is 2.01. The highest BCUT2D eigenvalue weighted by Crippen LogP contribution is 2.27. The van der Waals surface area contributed by atoms with Crippen molar-refractivity contribution in [3.63, 3.8) is 0 Å². The van der Waals surface area contributed by atoms with E-state index in [0.717, 1.165) is 6.08 Å². The number of allylic oxidation sites excluding steroid dienone is 1. The van der Waals surface area contributed by atoms with Gasteiger partial charge >= 0.3 is 0 Å². The SMILES string of the molecule is C/C(=C\C(=O)C(Cl)(Cl)Cl)CO. The van der Waals surface area contributed by atoms with Gasteiger partial charge in [0.05, 0.1) is 6.61 Å². The van der Waals surface area contributed by atoms with Gasteiger partial charge in [-0.15, -0.1) is 0 Å². The molecule has 0 saturated carbocycles. The lowest BCUT2D eigenvalue weighted by Crippen LogP contribution is -2.16. The van der Waals surface area contributed by atoms with Crippen LogP contribution in [-0.4, -0.2) is 21.3 Å². The van der Waals surface area contributed by atoms with Crippen molar-refractivity contribution in [3.8, 4) is 0 Å². The van der Waals surface area contributed by atoms with Gasteiger partial charge in [-0.05, 0) is 18.6 Å². The first-order chi connectivity index (χ1) is 4.88. The van der Waals surface area contributed by atoms with Crippen molar-refractivity contribution in [1.82, 2.24) is 0 Å². The van der Waals surface area contributed by atoms with Gasteiger partial charge in [-0.1, -0.05) is 34.8 Å². The van der Waals surface area contributed by atoms with Gasteiger partial charge < -0.3 is 5.11 Å². The van der Waals surface area contributed by atoms with Gasteiger partial charge in [-0.25, -0.2) is 0 Å². The van der Waals surface area contributed by atoms with E-state index in [4.69, 9.17) is 39.9 Å². The second-order valence-corrected chi connectivity index (χ2v) is 4.29. The smallest absolute Gasteiger partial charge is 0.252 e. The molecule has 0 atom stereocenters. The number of aliphatic hydroxyl groups excluding tert-OH is 1. The summed E-state index contributed by atoms with van der Waals surface area (Å²) in [4.78, 5) is 10.9. The fourth-order valence-electron chi connectivity index (χ4n) is 0.351. The lowest BCUT2D eigenvalue weighted by atomic mass is 10.2. The third-order valence-corrected chi connectivity index (χ3v) is 1.47. The molecule has 0 saturated heterocycles. The van der Waals surface area contributed by atoms with Gasteiger partial charge in [0.25, 0.3) is 3.79 Å². The average molecular weight is 217 g/mol. The number of halogens is 3. The first-order valence-electron chi connectivity index (χ1n) is 2.77. The number of rotatable bonds is 2. The van der Waals surface area contributed by atoms with Crippen LogP contribution in [0.2, 0.25) is 0 Å². The highest BCUT2D eigenvalue weighted by atomic mass is 35.6. The van der Waals surface area contributed by atoms with Crippen LogP contribution in [0.3, 0.4) is 0 Å². The van der Waals surface area contributed by atoms with E-state index in [0.29, 0.717) is 5.57 Å². The van der Waals surface area contributed by atoms with Gasteiger partial charge in [-0.2, -0.15) is 0 Å². The Labute approximate surface area is 79.7 Å². The van der Waals surface area contributed by atoms with E-state index in [2.05, 4.69) is 0 Å². The number of alkyl halides is 3. The third-order valence-electron chi connectivity index (χ3n) is 0.906. The predicted octanol–water partition coefficient (Wildman–Crippen LogP) is 1.86. The molecule has 0 fully saturated rings. The molecule has 64 valence electrons. The van der Waals surface area contributed by atoms with Gasteiger partial charge in [0, 0.05) is 0 Å². The molecule has 0 aliphatic rings. The fourth-order valence-corrected chi connectivity index (χ4v) is 0.515. The molecule has 0 aromatic heterocycles. The van der Waals surface area contributed by atoms with Crippen LogP contribution in [0.1, 0.15) is 6.92 Å². The van der Waals surface area contributed by atoms with Crippen LogP contribution < -0.4 is 0 Å². The summed E-state index contributed by atoms with van der Waals surface area (Å²) in [6, 6.07) is 0. The lowest BCUT2D eigenvalue weighted by Gasteiger charge is -2.05. The minimum Gasteiger partial charge on any atom is -0.392 e. The summed E-state index contributed by atoms with van der Waals surface area (Å²) in [6.07, 6.45) is 1.10. The summed E-state index contributed by atoms with van der Waals surface area (Å²) in [6.45, 7) is 1.35. The molecule has 0 bridgehead atoms. The van der Waals surface area contributed by atoms with E-state index >= 15 is 0 Å². The zero-order valence-corrected chi connectivity index (χ0v) is 8.04. The molecular formula is C6H7Cl3O2. The molecule has 0 aromatic carbocycles. The normalized spacial score (nSPS) is 13.4. The Balaban J connectivity index is 4.30. The quantitative estimate of drug-likeness (QED) is 0.566. The van der Waals surface area contributed by atoms with Crippen molar-refractivity contribution in [2.45, 2.75) is 10.7 Å². The molecule has 0 aromatic rings.